The summed E-state index contributed by atoms with van der Waals surface area (Å²) in [6.07, 6.45) is 1.68. The predicted octanol–water partition coefficient (Wildman–Crippen LogP) is 1.31. The standard InChI is InChI=1S/C6H6BrNO/c1-5-2-3-8(7)6(9)4-5/h2-4H,1H3. The maximum Gasteiger partial charge on any atom is 0.260 e. The van der Waals surface area contributed by atoms with Gasteiger partial charge in [-0.15, -0.1) is 0 Å². The Hall–Kier alpha value is -0.570. The molecule has 0 spiro atoms. The van der Waals surface area contributed by atoms with Crippen molar-refractivity contribution in [1.82, 2.24) is 3.59 Å². The van der Waals surface area contributed by atoms with Crippen LogP contribution in [0.25, 0.3) is 0 Å². The summed E-state index contributed by atoms with van der Waals surface area (Å²) in [7, 11) is 0. The molecule has 9 heavy (non-hydrogen) atoms. The van der Waals surface area contributed by atoms with Gasteiger partial charge in [-0.05, 0) is 18.6 Å². The summed E-state index contributed by atoms with van der Waals surface area (Å²) in [6, 6.07) is 3.42. The van der Waals surface area contributed by atoms with Gasteiger partial charge in [0.1, 0.15) is 0 Å². The van der Waals surface area contributed by atoms with Crippen LogP contribution in [0.4, 0.5) is 0 Å². The molecule has 0 saturated heterocycles. The van der Waals surface area contributed by atoms with Crippen LogP contribution >= 0.6 is 16.1 Å². The van der Waals surface area contributed by atoms with Gasteiger partial charge in [-0.2, -0.15) is 0 Å². The molecule has 0 aliphatic heterocycles. The summed E-state index contributed by atoms with van der Waals surface area (Å²) >= 11 is 3.03. The SMILES string of the molecule is Cc1ccn(Br)c(=O)c1. The number of aryl methyl sites for hydroxylation is 1. The Morgan fingerprint density at radius 1 is 1.67 bits per heavy atom. The largest absolute Gasteiger partial charge is 0.268 e. The van der Waals surface area contributed by atoms with Gasteiger partial charge in [0, 0.05) is 12.3 Å². The van der Waals surface area contributed by atoms with E-state index in [1.165, 1.54) is 3.59 Å². The molecule has 0 amide bonds. The van der Waals surface area contributed by atoms with Gasteiger partial charge in [0.05, 0.1) is 16.1 Å². The second-order valence-corrected chi connectivity index (χ2v) is 2.62. The van der Waals surface area contributed by atoms with Gasteiger partial charge < -0.3 is 0 Å². The molecule has 0 unspecified atom stereocenters. The molecule has 1 rings (SSSR count). The van der Waals surface area contributed by atoms with Gasteiger partial charge in [-0.25, -0.2) is 0 Å². The molecular weight excluding hydrogens is 182 g/mol. The van der Waals surface area contributed by atoms with E-state index in [2.05, 4.69) is 16.1 Å². The van der Waals surface area contributed by atoms with Crippen molar-refractivity contribution in [3.05, 3.63) is 34.2 Å². The van der Waals surface area contributed by atoms with Crippen LogP contribution < -0.4 is 5.56 Å². The first-order valence-electron chi connectivity index (χ1n) is 2.55. The molecule has 0 radical (unpaired) electrons. The molecule has 0 aromatic carbocycles. The number of aromatic nitrogens is 1. The van der Waals surface area contributed by atoms with Crippen molar-refractivity contribution >= 4 is 16.1 Å². The molecule has 3 heteroatoms. The third kappa shape index (κ3) is 1.42. The summed E-state index contributed by atoms with van der Waals surface area (Å²) in [5.41, 5.74) is 0.950. The third-order valence-electron chi connectivity index (χ3n) is 1.03. The van der Waals surface area contributed by atoms with Crippen LogP contribution in [0.2, 0.25) is 0 Å². The second-order valence-electron chi connectivity index (χ2n) is 1.85. The van der Waals surface area contributed by atoms with E-state index in [-0.39, 0.29) is 5.56 Å². The Morgan fingerprint density at radius 2 is 2.33 bits per heavy atom. The lowest BCUT2D eigenvalue weighted by Crippen LogP contribution is -2.09. The molecule has 0 saturated carbocycles. The molecule has 0 atom stereocenters. The van der Waals surface area contributed by atoms with Gasteiger partial charge in [0.15, 0.2) is 0 Å². The first kappa shape index (κ1) is 6.55. The Balaban J connectivity index is 3.34. The Labute approximate surface area is 61.5 Å². The molecule has 0 aliphatic rings. The first-order chi connectivity index (χ1) is 4.20. The molecule has 0 fully saturated rings. The Bertz CT molecular complexity index is 266. The molecule has 1 aromatic rings. The highest BCUT2D eigenvalue weighted by molar-refractivity contribution is 9.08. The summed E-state index contributed by atoms with van der Waals surface area (Å²) in [5, 5.41) is 0. The van der Waals surface area contributed by atoms with E-state index in [0.717, 1.165) is 5.56 Å². The number of halogens is 1. The fraction of sp³-hybridized carbons (Fsp3) is 0.167. The van der Waals surface area contributed by atoms with Crippen molar-refractivity contribution < 1.29 is 0 Å². The first-order valence-corrected chi connectivity index (χ1v) is 3.26. The molecule has 0 aliphatic carbocycles. The zero-order valence-corrected chi connectivity index (χ0v) is 6.55. The number of pyridine rings is 1. The maximum atomic E-state index is 10.8. The highest BCUT2D eigenvalue weighted by Crippen LogP contribution is 1.92. The van der Waals surface area contributed by atoms with Crippen LogP contribution in [0.1, 0.15) is 5.56 Å². The van der Waals surface area contributed by atoms with E-state index in [1.807, 2.05) is 13.0 Å². The van der Waals surface area contributed by atoms with Crippen molar-refractivity contribution in [2.24, 2.45) is 0 Å². The third-order valence-corrected chi connectivity index (χ3v) is 1.62. The summed E-state index contributed by atoms with van der Waals surface area (Å²) in [5.74, 6) is 0. The highest BCUT2D eigenvalue weighted by atomic mass is 79.9. The van der Waals surface area contributed by atoms with Crippen LogP contribution in [-0.4, -0.2) is 3.59 Å². The number of hydrogen-bond donors (Lipinski definition) is 0. The van der Waals surface area contributed by atoms with Gasteiger partial charge in [0.2, 0.25) is 0 Å². The molecule has 48 valence electrons. The van der Waals surface area contributed by atoms with Gasteiger partial charge >= 0.3 is 0 Å². The molecule has 0 bridgehead atoms. The quantitative estimate of drug-likeness (QED) is 0.601. The summed E-state index contributed by atoms with van der Waals surface area (Å²) < 4.78 is 1.36. The zero-order chi connectivity index (χ0) is 6.85. The van der Waals surface area contributed by atoms with Gasteiger partial charge in [-0.1, -0.05) is 0 Å². The average Bonchev–Trinajstić information content (AvgIpc) is 1.80. The average molecular weight is 188 g/mol. The Morgan fingerprint density at radius 3 is 2.78 bits per heavy atom. The van der Waals surface area contributed by atoms with Crippen LogP contribution in [-0.2, 0) is 0 Å². The van der Waals surface area contributed by atoms with E-state index in [9.17, 15) is 4.79 Å². The van der Waals surface area contributed by atoms with Crippen molar-refractivity contribution in [2.45, 2.75) is 6.92 Å². The number of rotatable bonds is 0. The minimum Gasteiger partial charge on any atom is -0.268 e. The normalized spacial score (nSPS) is 9.56. The fourth-order valence-corrected chi connectivity index (χ4v) is 0.782. The van der Waals surface area contributed by atoms with Crippen molar-refractivity contribution in [3.63, 3.8) is 0 Å². The van der Waals surface area contributed by atoms with Crippen LogP contribution in [0.15, 0.2) is 23.1 Å². The molecular formula is C6H6BrNO. The lowest BCUT2D eigenvalue weighted by molar-refractivity contribution is 1.15. The van der Waals surface area contributed by atoms with Crippen molar-refractivity contribution in [3.8, 4) is 0 Å². The minimum atomic E-state index is -0.0324. The van der Waals surface area contributed by atoms with Crippen LogP contribution in [0.5, 0.6) is 0 Å². The minimum absolute atomic E-state index is 0.0324. The number of hydrogen-bond acceptors (Lipinski definition) is 1. The zero-order valence-electron chi connectivity index (χ0n) is 4.97. The van der Waals surface area contributed by atoms with Gasteiger partial charge in [0.25, 0.3) is 5.56 Å². The van der Waals surface area contributed by atoms with Gasteiger partial charge in [-0.3, -0.25) is 8.39 Å². The smallest absolute Gasteiger partial charge is 0.260 e. The molecule has 2 nitrogen and oxygen atoms in total. The van der Waals surface area contributed by atoms with Crippen molar-refractivity contribution in [1.29, 1.82) is 0 Å². The lowest BCUT2D eigenvalue weighted by Gasteiger charge is -1.91. The Kier molecular flexibility index (Phi) is 1.71. The fourth-order valence-electron chi connectivity index (χ4n) is 0.561. The van der Waals surface area contributed by atoms with E-state index >= 15 is 0 Å². The summed E-state index contributed by atoms with van der Waals surface area (Å²) in [4.78, 5) is 10.8. The van der Waals surface area contributed by atoms with E-state index in [4.69, 9.17) is 0 Å². The highest BCUT2D eigenvalue weighted by Gasteiger charge is 1.88. The monoisotopic (exact) mass is 187 g/mol. The summed E-state index contributed by atoms with van der Waals surface area (Å²) in [6.45, 7) is 1.88. The maximum absolute atomic E-state index is 10.8. The van der Waals surface area contributed by atoms with E-state index < -0.39 is 0 Å². The lowest BCUT2D eigenvalue weighted by atomic mass is 10.3. The van der Waals surface area contributed by atoms with Crippen LogP contribution in [0.3, 0.4) is 0 Å². The second kappa shape index (κ2) is 2.35. The van der Waals surface area contributed by atoms with Crippen LogP contribution in [0, 0.1) is 6.92 Å². The topological polar surface area (TPSA) is 22.0 Å². The predicted molar refractivity (Wildman–Crippen MR) is 39.8 cm³/mol. The van der Waals surface area contributed by atoms with E-state index in [1.54, 1.807) is 12.3 Å². The molecule has 1 aromatic heterocycles. The molecule has 1 heterocycles. The molecule has 0 N–H and O–H groups in total. The number of nitrogens with zero attached hydrogens (tertiary/aromatic N) is 1. The van der Waals surface area contributed by atoms with Crippen molar-refractivity contribution in [2.75, 3.05) is 0 Å². The van der Waals surface area contributed by atoms with E-state index in [0.29, 0.717) is 0 Å².